The van der Waals surface area contributed by atoms with Crippen LogP contribution in [0.1, 0.15) is 4.88 Å². The Morgan fingerprint density at radius 1 is 1.36 bits per heavy atom. The van der Waals surface area contributed by atoms with E-state index in [2.05, 4.69) is 10.3 Å². The third kappa shape index (κ3) is 3.52. The molecule has 4 rings (SSSR count). The van der Waals surface area contributed by atoms with Gasteiger partial charge in [0, 0.05) is 16.2 Å². The fraction of sp³-hybridized carbons (Fsp3) is 0.278. The molecule has 0 aromatic carbocycles. The van der Waals surface area contributed by atoms with Crippen molar-refractivity contribution in [1.82, 2.24) is 15.2 Å². The molecule has 0 saturated carbocycles. The first-order valence-corrected chi connectivity index (χ1v) is 10.5. The molecule has 1 saturated heterocycles. The molecule has 144 valence electrons. The summed E-state index contributed by atoms with van der Waals surface area (Å²) in [6.07, 6.45) is 6.94. The first kappa shape index (κ1) is 18.6. The molecule has 10 heteroatoms. The van der Waals surface area contributed by atoms with Gasteiger partial charge >= 0.3 is 5.97 Å². The van der Waals surface area contributed by atoms with Crippen LogP contribution < -0.4 is 9.88 Å². The number of aromatic nitrogens is 2. The number of amides is 2. The standard InChI is InChI=1S/C18H16N4O4S2/c23-13(8-12-2-1-7-27-12)20-14-16(24)22-15(18(25)26)11(10-28-17(14)22)9-21-5-3-19-4-6-21/h1-7,14,17H,8-10H2,(H-,20,23,25,26)/p+1/t14?,17-/m0/s1. The monoisotopic (exact) mass is 417 g/mol. The maximum Gasteiger partial charge on any atom is 0.352 e. The Labute approximate surface area is 168 Å². The Hall–Kier alpha value is -2.72. The summed E-state index contributed by atoms with van der Waals surface area (Å²) in [4.78, 5) is 42.9. The van der Waals surface area contributed by atoms with Crippen LogP contribution in [0.5, 0.6) is 0 Å². The zero-order valence-electron chi connectivity index (χ0n) is 14.6. The predicted octanol–water partition coefficient (Wildman–Crippen LogP) is 0.412. The van der Waals surface area contributed by atoms with E-state index >= 15 is 0 Å². The molecule has 2 aliphatic heterocycles. The van der Waals surface area contributed by atoms with Gasteiger partial charge in [-0.1, -0.05) is 6.07 Å². The van der Waals surface area contributed by atoms with Crippen LogP contribution >= 0.6 is 23.1 Å². The summed E-state index contributed by atoms with van der Waals surface area (Å²) in [5, 5.41) is 14.0. The van der Waals surface area contributed by atoms with E-state index in [1.54, 1.807) is 24.8 Å². The molecule has 2 amide bonds. The molecule has 2 aromatic heterocycles. The van der Waals surface area contributed by atoms with Crippen LogP contribution in [0.4, 0.5) is 0 Å². The lowest BCUT2D eigenvalue weighted by Crippen LogP contribution is -2.70. The second kappa shape index (κ2) is 7.72. The predicted molar refractivity (Wildman–Crippen MR) is 102 cm³/mol. The largest absolute Gasteiger partial charge is 0.477 e. The Bertz CT molecular complexity index is 946. The Morgan fingerprint density at radius 3 is 2.82 bits per heavy atom. The van der Waals surface area contributed by atoms with Gasteiger partial charge in [0.05, 0.1) is 18.8 Å². The van der Waals surface area contributed by atoms with Crippen molar-refractivity contribution in [2.24, 2.45) is 0 Å². The van der Waals surface area contributed by atoms with Crippen molar-refractivity contribution < 1.29 is 24.1 Å². The molecule has 28 heavy (non-hydrogen) atoms. The van der Waals surface area contributed by atoms with E-state index in [0.29, 0.717) is 17.9 Å². The molecule has 4 heterocycles. The maximum atomic E-state index is 12.6. The number of nitrogens with zero attached hydrogens (tertiary/aromatic N) is 3. The van der Waals surface area contributed by atoms with E-state index in [1.165, 1.54) is 28.0 Å². The Morgan fingerprint density at radius 2 is 2.14 bits per heavy atom. The summed E-state index contributed by atoms with van der Waals surface area (Å²) in [6, 6.07) is 3.04. The molecule has 1 unspecified atom stereocenters. The van der Waals surface area contributed by atoms with Crippen molar-refractivity contribution in [2.75, 3.05) is 5.75 Å². The van der Waals surface area contributed by atoms with Crippen LogP contribution in [0.3, 0.4) is 0 Å². The summed E-state index contributed by atoms with van der Waals surface area (Å²) in [5.41, 5.74) is 0.670. The van der Waals surface area contributed by atoms with Crippen LogP contribution in [-0.4, -0.2) is 49.9 Å². The number of fused-ring (bicyclic) bond motifs is 1. The minimum absolute atomic E-state index is 0.0156. The zero-order chi connectivity index (χ0) is 19.7. The lowest BCUT2D eigenvalue weighted by atomic mass is 10.0. The number of carboxylic acids is 1. The number of aliphatic carboxylic acids is 1. The number of thiophene rings is 1. The number of rotatable bonds is 6. The fourth-order valence-electron chi connectivity index (χ4n) is 3.27. The maximum absolute atomic E-state index is 12.6. The van der Waals surface area contributed by atoms with E-state index in [4.69, 9.17) is 0 Å². The van der Waals surface area contributed by atoms with E-state index in [9.17, 15) is 19.5 Å². The molecule has 1 fully saturated rings. The molecule has 0 spiro atoms. The fourth-order valence-corrected chi connectivity index (χ4v) is 5.31. The summed E-state index contributed by atoms with van der Waals surface area (Å²) < 4.78 is 1.82. The molecular weight excluding hydrogens is 400 g/mol. The normalized spacial score (nSPS) is 21.1. The van der Waals surface area contributed by atoms with Gasteiger partial charge < -0.3 is 10.4 Å². The molecule has 8 nitrogen and oxygen atoms in total. The highest BCUT2D eigenvalue weighted by atomic mass is 32.2. The van der Waals surface area contributed by atoms with Gasteiger partial charge in [-0.25, -0.2) is 4.79 Å². The number of thioether (sulfide) groups is 1. The first-order chi connectivity index (χ1) is 13.5. The second-order valence-corrected chi connectivity index (χ2v) is 8.52. The number of carbonyl (C=O) groups is 3. The van der Waals surface area contributed by atoms with Gasteiger partial charge in [0.15, 0.2) is 18.9 Å². The van der Waals surface area contributed by atoms with Crippen LogP contribution in [0.2, 0.25) is 0 Å². The number of hydrogen-bond acceptors (Lipinski definition) is 6. The third-order valence-corrected chi connectivity index (χ3v) is 6.76. The number of nitrogens with one attached hydrogen (secondary N) is 1. The smallest absolute Gasteiger partial charge is 0.352 e. The molecule has 0 bridgehead atoms. The van der Waals surface area contributed by atoms with Gasteiger partial charge in [0.25, 0.3) is 5.91 Å². The number of carboxylic acid groups (broad SMARTS) is 1. The highest BCUT2D eigenvalue weighted by molar-refractivity contribution is 8.00. The summed E-state index contributed by atoms with van der Waals surface area (Å²) in [5.74, 6) is -1.28. The van der Waals surface area contributed by atoms with E-state index in [1.807, 2.05) is 22.1 Å². The van der Waals surface area contributed by atoms with Crippen molar-refractivity contribution in [3.05, 3.63) is 58.4 Å². The molecule has 2 N–H and O–H groups in total. The van der Waals surface area contributed by atoms with Crippen LogP contribution in [-0.2, 0) is 27.3 Å². The summed E-state index contributed by atoms with van der Waals surface area (Å²) in [6.45, 7) is 0.364. The quantitative estimate of drug-likeness (QED) is 0.521. The van der Waals surface area contributed by atoms with E-state index < -0.39 is 17.4 Å². The molecule has 2 atom stereocenters. The SMILES string of the molecule is O=C(Cc1cccs1)NC1C(=O)N2C(C(=O)O)=C(C[n+]3ccncc3)CS[C@@H]12. The molecular formula is C18H17N4O4S2+. The van der Waals surface area contributed by atoms with Gasteiger partial charge in [-0.2, -0.15) is 4.57 Å². The van der Waals surface area contributed by atoms with Crippen LogP contribution in [0, 0.1) is 0 Å². The Balaban J connectivity index is 1.49. The van der Waals surface area contributed by atoms with Crippen molar-refractivity contribution in [3.63, 3.8) is 0 Å². The lowest BCUT2D eigenvalue weighted by molar-refractivity contribution is -0.689. The lowest BCUT2D eigenvalue weighted by Gasteiger charge is -2.49. The van der Waals surface area contributed by atoms with Crippen LogP contribution in [0.15, 0.2) is 53.6 Å². The number of carbonyl (C=O) groups excluding carboxylic acids is 2. The van der Waals surface area contributed by atoms with Crippen molar-refractivity contribution in [2.45, 2.75) is 24.4 Å². The minimum atomic E-state index is -1.13. The number of hydrogen-bond donors (Lipinski definition) is 2. The third-order valence-electron chi connectivity index (χ3n) is 4.54. The summed E-state index contributed by atoms with van der Waals surface area (Å²) in [7, 11) is 0. The Kier molecular flexibility index (Phi) is 5.14. The molecule has 0 aliphatic carbocycles. The van der Waals surface area contributed by atoms with Crippen molar-refractivity contribution >= 4 is 40.9 Å². The highest BCUT2D eigenvalue weighted by Crippen LogP contribution is 2.40. The molecule has 2 aromatic rings. The molecule has 0 radical (unpaired) electrons. The van der Waals surface area contributed by atoms with Gasteiger partial charge in [0.2, 0.25) is 5.91 Å². The second-order valence-electron chi connectivity index (χ2n) is 6.39. The number of β-lactam (4-membered cyclic amide) rings is 1. The molecule has 2 aliphatic rings. The van der Waals surface area contributed by atoms with E-state index in [0.717, 1.165) is 4.88 Å². The summed E-state index contributed by atoms with van der Waals surface area (Å²) >= 11 is 2.95. The van der Waals surface area contributed by atoms with Gasteiger partial charge in [0.1, 0.15) is 17.1 Å². The van der Waals surface area contributed by atoms with Gasteiger partial charge in [-0.3, -0.25) is 19.5 Å². The van der Waals surface area contributed by atoms with Crippen molar-refractivity contribution in [1.29, 1.82) is 0 Å². The zero-order valence-corrected chi connectivity index (χ0v) is 16.3. The van der Waals surface area contributed by atoms with Gasteiger partial charge in [-0.15, -0.1) is 23.1 Å². The van der Waals surface area contributed by atoms with Gasteiger partial charge in [-0.05, 0) is 11.4 Å². The van der Waals surface area contributed by atoms with Crippen LogP contribution in [0.25, 0.3) is 0 Å². The highest BCUT2D eigenvalue weighted by Gasteiger charge is 2.54. The minimum Gasteiger partial charge on any atom is -0.477 e. The van der Waals surface area contributed by atoms with E-state index in [-0.39, 0.29) is 23.9 Å². The average molecular weight is 417 g/mol. The first-order valence-electron chi connectivity index (χ1n) is 8.55. The average Bonchev–Trinajstić information content (AvgIpc) is 3.19. The van der Waals surface area contributed by atoms with Crippen molar-refractivity contribution in [3.8, 4) is 0 Å². The topological polar surface area (TPSA) is 103 Å².